The van der Waals surface area contributed by atoms with Crippen LogP contribution in [-0.2, 0) is 0 Å². The molecule has 0 spiro atoms. The summed E-state index contributed by atoms with van der Waals surface area (Å²) in [5.74, 6) is 0. The summed E-state index contributed by atoms with van der Waals surface area (Å²) in [7, 11) is 0. The van der Waals surface area contributed by atoms with E-state index in [1.54, 1.807) is 0 Å². The van der Waals surface area contributed by atoms with Gasteiger partial charge in [0.15, 0.2) is 0 Å². The van der Waals surface area contributed by atoms with Crippen LogP contribution in [0.5, 0.6) is 0 Å². The minimum atomic E-state index is -2.08. The topological polar surface area (TPSA) is 60.4 Å². The summed E-state index contributed by atoms with van der Waals surface area (Å²) in [6.07, 6.45) is -2.08. The molecule has 3 nitrogen and oxygen atoms in total. The van der Waals surface area contributed by atoms with Crippen molar-refractivity contribution in [3.63, 3.8) is 0 Å². The van der Waals surface area contributed by atoms with Crippen molar-refractivity contribution in [1.82, 2.24) is 0 Å². The maximum atomic E-state index is 8.44. The van der Waals surface area contributed by atoms with Crippen molar-refractivity contribution in [1.29, 1.82) is 0 Å². The molecular weight excluding hydrogens is 99.0 g/mol. The predicted molar refractivity (Wildman–Crippen MR) is 18.4 cm³/mol. The fourth-order valence-corrected chi connectivity index (χ4v) is 0. The van der Waals surface area contributed by atoms with Crippen LogP contribution >= 0.6 is 13.5 Å². The summed E-state index contributed by atoms with van der Waals surface area (Å²) in [6.45, 7) is 0. The van der Waals surface area contributed by atoms with Crippen molar-refractivity contribution in [2.24, 2.45) is 0 Å². The van der Waals surface area contributed by atoms with Crippen LogP contribution in [0.15, 0.2) is 0 Å². The van der Waals surface area contributed by atoms with Crippen molar-refractivity contribution in [2.75, 3.05) is 0 Å². The van der Waals surface area contributed by atoms with Crippen LogP contribution in [0.3, 0.4) is 0 Å². The maximum Gasteiger partial charge on any atom is 1.00 e. The van der Waals surface area contributed by atoms with Gasteiger partial charge in [-0.05, 0) is 0 Å². The Morgan fingerprint density at radius 1 is 1.67 bits per heavy atom. The van der Waals surface area contributed by atoms with Gasteiger partial charge in [0.2, 0.25) is 6.16 Å². The van der Waals surface area contributed by atoms with Gasteiger partial charge in [-0.15, -0.1) is 0 Å². The summed E-state index contributed by atoms with van der Waals surface area (Å²) in [5.41, 5.74) is 0. The van der Waals surface area contributed by atoms with Crippen molar-refractivity contribution in [2.45, 2.75) is 0 Å². The zero-order valence-corrected chi connectivity index (χ0v) is 4.26. The molecule has 0 heterocycles. The van der Waals surface area contributed by atoms with Crippen LogP contribution in [-0.4, -0.2) is 11.3 Å². The molecule has 0 aromatic heterocycles. The Hall–Kier alpha value is 0.217. The van der Waals surface area contributed by atoms with Gasteiger partial charge in [0, 0.05) is 0 Å². The van der Waals surface area contributed by atoms with E-state index in [2.05, 4.69) is 0 Å². The number of hydrogen-bond acceptors (Lipinski definition) is 2. The summed E-state index contributed by atoms with van der Waals surface area (Å²) < 4.78 is 0. The molecule has 0 rings (SSSR count). The molecule has 0 aliphatic carbocycles. The predicted octanol–water partition coefficient (Wildman–Crippen LogP) is -4.00. The molecule has 1 N–H and O–H groups in total. The fraction of sp³-hybridized carbons (Fsp3) is 0. The molecule has 5 heteroatoms. The first kappa shape index (κ1) is 16.3. The Kier molecular flexibility index (Phi) is 24.4. The standard InChI is InChI=1S/CH2O3.Li.H2S/c2-1(3)4;;/h(H2,2,3,4);;1H2/q;+1;/p-1. The van der Waals surface area contributed by atoms with Crippen LogP contribution in [0.25, 0.3) is 0 Å². The van der Waals surface area contributed by atoms with Crippen molar-refractivity contribution in [3.05, 3.63) is 0 Å². The van der Waals surface area contributed by atoms with E-state index in [-0.39, 0.29) is 32.4 Å². The molecule has 6 heavy (non-hydrogen) atoms. The molecule has 0 aliphatic rings. The maximum absolute atomic E-state index is 8.44. The molecule has 32 valence electrons. The van der Waals surface area contributed by atoms with Crippen molar-refractivity contribution >= 4 is 19.7 Å². The normalized spacial score (nSPS) is 4.00. The first-order valence-corrected chi connectivity index (χ1v) is 0.632. The van der Waals surface area contributed by atoms with Crippen molar-refractivity contribution in [3.8, 4) is 0 Å². The van der Waals surface area contributed by atoms with Crippen LogP contribution in [0.4, 0.5) is 4.79 Å². The molecule has 0 saturated carbocycles. The first-order chi connectivity index (χ1) is 1.73. The third kappa shape index (κ3) is 924. The number of hydrogen-bond donors (Lipinski definition) is 1. The summed E-state index contributed by atoms with van der Waals surface area (Å²) in [6, 6.07) is 0. The van der Waals surface area contributed by atoms with Gasteiger partial charge in [-0.1, -0.05) is 0 Å². The van der Waals surface area contributed by atoms with Crippen molar-refractivity contribution < 1.29 is 33.9 Å². The zero-order valence-electron chi connectivity index (χ0n) is 3.26. The largest absolute Gasteiger partial charge is 1.00 e. The molecule has 0 amide bonds. The van der Waals surface area contributed by atoms with Crippen LogP contribution < -0.4 is 24.0 Å². The van der Waals surface area contributed by atoms with Gasteiger partial charge in [-0.25, -0.2) is 0 Å². The molecule has 0 atom stereocenters. The molecule has 0 unspecified atom stereocenters. The Labute approximate surface area is 54.0 Å². The van der Waals surface area contributed by atoms with Gasteiger partial charge >= 0.3 is 18.9 Å². The Morgan fingerprint density at radius 3 is 1.67 bits per heavy atom. The minimum Gasteiger partial charge on any atom is -0.565 e. The molecule has 0 bridgehead atoms. The summed E-state index contributed by atoms with van der Waals surface area (Å²) >= 11 is 0. The van der Waals surface area contributed by atoms with Gasteiger partial charge in [-0.2, -0.15) is 13.5 Å². The van der Waals surface area contributed by atoms with E-state index in [0.29, 0.717) is 0 Å². The second-order valence-corrected chi connectivity index (χ2v) is 0.266. The monoisotopic (exact) mass is 102 g/mol. The second kappa shape index (κ2) is 8.96. The Bertz CT molecular complexity index is 33.8. The van der Waals surface area contributed by atoms with Gasteiger partial charge in [-0.3, -0.25) is 0 Å². The van der Waals surface area contributed by atoms with Crippen LogP contribution in [0.1, 0.15) is 0 Å². The summed E-state index contributed by atoms with van der Waals surface area (Å²) in [5, 5.41) is 15.3. The Balaban J connectivity index is -0.0000000450. The van der Waals surface area contributed by atoms with E-state index >= 15 is 0 Å². The van der Waals surface area contributed by atoms with E-state index in [0.717, 1.165) is 0 Å². The average Bonchev–Trinajstić information content (AvgIpc) is 0.811. The average molecular weight is 102 g/mol. The third-order valence-electron chi connectivity index (χ3n) is 0. The molecule has 0 saturated heterocycles. The van der Waals surface area contributed by atoms with E-state index in [9.17, 15) is 0 Å². The van der Waals surface area contributed by atoms with E-state index in [1.807, 2.05) is 0 Å². The number of carboxylic acid groups (broad SMARTS) is 2. The molecule has 0 aliphatic heterocycles. The third-order valence-corrected chi connectivity index (χ3v) is 0. The molecule has 0 aromatic carbocycles. The van der Waals surface area contributed by atoms with Crippen LogP contribution in [0, 0.1) is 0 Å². The van der Waals surface area contributed by atoms with E-state index in [1.165, 1.54) is 0 Å². The van der Waals surface area contributed by atoms with Gasteiger partial charge in [0.1, 0.15) is 0 Å². The molecule has 0 fully saturated rings. The zero-order chi connectivity index (χ0) is 3.58. The van der Waals surface area contributed by atoms with Crippen LogP contribution in [0.2, 0.25) is 0 Å². The minimum absolute atomic E-state index is 0. The Morgan fingerprint density at radius 2 is 1.67 bits per heavy atom. The number of rotatable bonds is 0. The summed E-state index contributed by atoms with van der Waals surface area (Å²) in [4.78, 5) is 8.44. The van der Waals surface area contributed by atoms with Gasteiger partial charge in [0.25, 0.3) is 0 Å². The fourth-order valence-electron chi connectivity index (χ4n) is 0. The smallest absolute Gasteiger partial charge is 0.565 e. The van der Waals surface area contributed by atoms with E-state index in [4.69, 9.17) is 15.0 Å². The molecule has 0 radical (unpaired) electrons. The SMILES string of the molecule is O=C([O-])O.S.[Li+]. The number of carbonyl (C=O) groups is 1. The van der Waals surface area contributed by atoms with Gasteiger partial charge in [0.05, 0.1) is 0 Å². The quantitative estimate of drug-likeness (QED) is 0.317. The van der Waals surface area contributed by atoms with E-state index < -0.39 is 6.16 Å². The van der Waals surface area contributed by atoms with Gasteiger partial charge < -0.3 is 15.0 Å². The first-order valence-electron chi connectivity index (χ1n) is 0.632. The molecule has 0 aromatic rings. The second-order valence-electron chi connectivity index (χ2n) is 0.266. The molecular formula is CH3LiO3S.